The van der Waals surface area contributed by atoms with Crippen molar-refractivity contribution in [1.29, 1.82) is 5.26 Å². The van der Waals surface area contributed by atoms with Crippen molar-refractivity contribution < 1.29 is 0 Å². The van der Waals surface area contributed by atoms with Gasteiger partial charge >= 0.3 is 0 Å². The highest BCUT2D eigenvalue weighted by atomic mass is 79.9. The fourth-order valence-corrected chi connectivity index (χ4v) is 1.43. The molecule has 0 unspecified atom stereocenters. The zero-order valence-electron chi connectivity index (χ0n) is 7.05. The number of nitrogens with one attached hydrogen (secondary N) is 1. The highest BCUT2D eigenvalue weighted by molar-refractivity contribution is 9.10. The van der Waals surface area contributed by atoms with Gasteiger partial charge in [0.15, 0.2) is 0 Å². The van der Waals surface area contributed by atoms with Crippen LogP contribution in [0.15, 0.2) is 35.3 Å². The molecule has 0 spiro atoms. The van der Waals surface area contributed by atoms with Crippen LogP contribution in [0.2, 0.25) is 0 Å². The zero-order chi connectivity index (χ0) is 9.68. The molecule has 0 aromatic heterocycles. The Labute approximate surface area is 86.0 Å². The number of rotatable bonds is 3. The lowest BCUT2D eigenvalue weighted by molar-refractivity contribution is 1.33. The second-order valence-corrected chi connectivity index (χ2v) is 3.33. The molecular formula is C10H9BrN2. The van der Waals surface area contributed by atoms with E-state index >= 15 is 0 Å². The molecule has 1 N–H and O–H groups in total. The van der Waals surface area contributed by atoms with Crippen molar-refractivity contribution in [3.8, 4) is 6.07 Å². The smallest absolute Gasteiger partial charge is 0.0992 e. The first-order valence-electron chi connectivity index (χ1n) is 3.82. The van der Waals surface area contributed by atoms with Gasteiger partial charge in [0.2, 0.25) is 0 Å². The second-order valence-electron chi connectivity index (χ2n) is 2.48. The van der Waals surface area contributed by atoms with E-state index in [0.717, 1.165) is 10.2 Å². The summed E-state index contributed by atoms with van der Waals surface area (Å²) in [5.74, 6) is 0. The highest BCUT2D eigenvalue weighted by Crippen LogP contribution is 2.22. The first-order chi connectivity index (χ1) is 6.27. The molecule has 66 valence electrons. The number of halogens is 1. The van der Waals surface area contributed by atoms with Gasteiger partial charge in [-0.15, -0.1) is 6.58 Å². The number of benzene rings is 1. The third-order valence-electron chi connectivity index (χ3n) is 1.54. The van der Waals surface area contributed by atoms with Crippen molar-refractivity contribution >= 4 is 21.6 Å². The summed E-state index contributed by atoms with van der Waals surface area (Å²) in [7, 11) is 0. The molecule has 13 heavy (non-hydrogen) atoms. The first kappa shape index (κ1) is 9.82. The summed E-state index contributed by atoms with van der Waals surface area (Å²) in [6.45, 7) is 4.32. The number of nitrogens with zero attached hydrogens (tertiary/aromatic N) is 1. The van der Waals surface area contributed by atoms with Gasteiger partial charge in [0.25, 0.3) is 0 Å². The van der Waals surface area contributed by atoms with E-state index < -0.39 is 0 Å². The molecule has 1 rings (SSSR count). The molecule has 0 aliphatic heterocycles. The summed E-state index contributed by atoms with van der Waals surface area (Å²) < 4.78 is 0.897. The standard InChI is InChI=1S/C10H9BrN2/c1-2-5-13-10-4-3-8(7-12)6-9(10)11/h2-4,6,13H,1,5H2. The van der Waals surface area contributed by atoms with Crippen LogP contribution in [-0.4, -0.2) is 6.54 Å². The number of hydrogen-bond acceptors (Lipinski definition) is 2. The van der Waals surface area contributed by atoms with Crippen LogP contribution >= 0.6 is 15.9 Å². The fraction of sp³-hybridized carbons (Fsp3) is 0.100. The Hall–Kier alpha value is -1.27. The average molecular weight is 237 g/mol. The fourth-order valence-electron chi connectivity index (χ4n) is 0.910. The van der Waals surface area contributed by atoms with Crippen molar-refractivity contribution in [1.82, 2.24) is 0 Å². The van der Waals surface area contributed by atoms with Crippen LogP contribution in [0, 0.1) is 11.3 Å². The zero-order valence-corrected chi connectivity index (χ0v) is 8.63. The third-order valence-corrected chi connectivity index (χ3v) is 2.19. The van der Waals surface area contributed by atoms with E-state index in [9.17, 15) is 0 Å². The minimum absolute atomic E-state index is 0.649. The molecular weight excluding hydrogens is 228 g/mol. The maximum atomic E-state index is 8.62. The number of nitriles is 1. The molecule has 0 fully saturated rings. The predicted molar refractivity (Wildman–Crippen MR) is 57.5 cm³/mol. The molecule has 1 aromatic rings. The van der Waals surface area contributed by atoms with Crippen LogP contribution in [0.25, 0.3) is 0 Å². The Morgan fingerprint density at radius 2 is 2.38 bits per heavy atom. The lowest BCUT2D eigenvalue weighted by atomic mass is 10.2. The van der Waals surface area contributed by atoms with Crippen molar-refractivity contribution in [2.45, 2.75) is 0 Å². The quantitative estimate of drug-likeness (QED) is 0.820. The molecule has 0 saturated carbocycles. The summed E-state index contributed by atoms with van der Waals surface area (Å²) in [4.78, 5) is 0. The van der Waals surface area contributed by atoms with E-state index in [1.54, 1.807) is 18.2 Å². The number of anilines is 1. The Morgan fingerprint density at radius 3 is 2.92 bits per heavy atom. The lowest BCUT2D eigenvalue weighted by Gasteiger charge is -2.05. The summed E-state index contributed by atoms with van der Waals surface area (Å²) in [5.41, 5.74) is 1.62. The van der Waals surface area contributed by atoms with Crippen molar-refractivity contribution in [2.24, 2.45) is 0 Å². The molecule has 2 nitrogen and oxygen atoms in total. The summed E-state index contributed by atoms with van der Waals surface area (Å²) in [6.07, 6.45) is 1.78. The molecule has 0 heterocycles. The maximum Gasteiger partial charge on any atom is 0.0992 e. The van der Waals surface area contributed by atoms with Gasteiger partial charge in [-0.2, -0.15) is 5.26 Å². The topological polar surface area (TPSA) is 35.8 Å². The third kappa shape index (κ3) is 2.60. The van der Waals surface area contributed by atoms with Gasteiger partial charge in [-0.05, 0) is 34.1 Å². The van der Waals surface area contributed by atoms with Gasteiger partial charge in [0, 0.05) is 16.7 Å². The minimum atomic E-state index is 0.649. The van der Waals surface area contributed by atoms with Crippen LogP contribution in [0.4, 0.5) is 5.69 Å². The normalized spacial score (nSPS) is 8.92. The van der Waals surface area contributed by atoms with Crippen molar-refractivity contribution in [3.05, 3.63) is 40.9 Å². The average Bonchev–Trinajstić information content (AvgIpc) is 2.16. The summed E-state index contributed by atoms with van der Waals surface area (Å²) >= 11 is 3.37. The van der Waals surface area contributed by atoms with E-state index in [0.29, 0.717) is 12.1 Å². The first-order valence-corrected chi connectivity index (χ1v) is 4.61. The van der Waals surface area contributed by atoms with Crippen LogP contribution in [0.5, 0.6) is 0 Å². The van der Waals surface area contributed by atoms with Gasteiger partial charge in [0.05, 0.1) is 11.6 Å². The molecule has 0 amide bonds. The van der Waals surface area contributed by atoms with Gasteiger partial charge < -0.3 is 5.32 Å². The van der Waals surface area contributed by atoms with Gasteiger partial charge in [-0.1, -0.05) is 6.08 Å². The number of hydrogen-bond donors (Lipinski definition) is 1. The predicted octanol–water partition coefficient (Wildman–Crippen LogP) is 2.92. The van der Waals surface area contributed by atoms with Crippen LogP contribution in [0.1, 0.15) is 5.56 Å². The molecule has 0 bridgehead atoms. The van der Waals surface area contributed by atoms with Crippen LogP contribution < -0.4 is 5.32 Å². The van der Waals surface area contributed by atoms with Gasteiger partial charge in [0.1, 0.15) is 0 Å². The minimum Gasteiger partial charge on any atom is -0.381 e. The van der Waals surface area contributed by atoms with E-state index in [1.807, 2.05) is 6.07 Å². The van der Waals surface area contributed by atoms with Crippen LogP contribution in [-0.2, 0) is 0 Å². The second kappa shape index (κ2) is 4.68. The molecule has 3 heteroatoms. The molecule has 0 aliphatic rings. The highest BCUT2D eigenvalue weighted by Gasteiger charge is 1.98. The van der Waals surface area contributed by atoms with Crippen molar-refractivity contribution in [3.63, 3.8) is 0 Å². The Morgan fingerprint density at radius 1 is 1.62 bits per heavy atom. The Bertz CT molecular complexity index is 352. The van der Waals surface area contributed by atoms with Gasteiger partial charge in [-0.25, -0.2) is 0 Å². The Kier molecular flexibility index (Phi) is 3.53. The largest absolute Gasteiger partial charge is 0.381 e. The van der Waals surface area contributed by atoms with E-state index in [4.69, 9.17) is 5.26 Å². The van der Waals surface area contributed by atoms with E-state index in [2.05, 4.69) is 33.9 Å². The molecule has 0 saturated heterocycles. The summed E-state index contributed by atoms with van der Waals surface area (Å²) in [5, 5.41) is 11.8. The lowest BCUT2D eigenvalue weighted by Crippen LogP contribution is -1.98. The molecule has 1 aromatic carbocycles. The van der Waals surface area contributed by atoms with Crippen LogP contribution in [0.3, 0.4) is 0 Å². The Balaban J connectivity index is 2.86. The molecule has 0 aliphatic carbocycles. The molecule has 0 atom stereocenters. The summed E-state index contributed by atoms with van der Waals surface area (Å²) in [6, 6.07) is 7.50. The van der Waals surface area contributed by atoms with Crippen molar-refractivity contribution in [2.75, 3.05) is 11.9 Å². The molecule has 0 radical (unpaired) electrons. The maximum absolute atomic E-state index is 8.62. The van der Waals surface area contributed by atoms with E-state index in [1.165, 1.54) is 0 Å². The monoisotopic (exact) mass is 236 g/mol. The SMILES string of the molecule is C=CCNc1ccc(C#N)cc1Br. The van der Waals surface area contributed by atoms with Gasteiger partial charge in [-0.3, -0.25) is 0 Å². The van der Waals surface area contributed by atoms with E-state index in [-0.39, 0.29) is 0 Å².